The third-order valence-corrected chi connectivity index (χ3v) is 10.2. The molecule has 8 rings (SSSR count). The van der Waals surface area contributed by atoms with E-state index >= 15 is 0 Å². The first-order valence-corrected chi connectivity index (χ1v) is 14.9. The van der Waals surface area contributed by atoms with Gasteiger partial charge in [-0.05, 0) is 54.6 Å². The Balaban J connectivity index is 1.20. The van der Waals surface area contributed by atoms with Gasteiger partial charge in [-0.1, -0.05) is 66.4 Å². The minimum absolute atomic E-state index is 0.284. The number of hydrogen-bond donors (Lipinski definition) is 1. The molecule has 2 unspecified atom stereocenters. The third kappa shape index (κ3) is 3.81. The molecule has 0 saturated carbocycles. The first-order valence-electron chi connectivity index (χ1n) is 13.2. The van der Waals surface area contributed by atoms with Gasteiger partial charge in [-0.3, -0.25) is 0 Å². The number of allylic oxidation sites excluding steroid dienone is 5. The fraction of sp³-hybridized carbons (Fsp3) is 0.121. The van der Waals surface area contributed by atoms with Crippen LogP contribution in [0.1, 0.15) is 6.42 Å². The number of nitrogens with one attached hydrogen (secondary N) is 1. The number of nitrogens with zero attached hydrogens (tertiary/aromatic N) is 3. The van der Waals surface area contributed by atoms with Crippen LogP contribution in [0, 0.1) is 0 Å². The molecular weight excluding hydrogens is 517 g/mol. The SMILES string of the molecule is CN1C2=C(C=C(N3c4ccccc4SC4C=CC=CC43)C=CC2)Sc2cc(-c3nc4ccccc4[nH]3)ccc21. The fourth-order valence-electron chi connectivity index (χ4n) is 5.86. The number of H-pyrrole nitrogens is 1. The second-order valence-corrected chi connectivity index (χ2v) is 12.4. The van der Waals surface area contributed by atoms with Gasteiger partial charge in [-0.2, -0.15) is 0 Å². The van der Waals surface area contributed by atoms with Gasteiger partial charge in [0.05, 0.1) is 33.7 Å². The van der Waals surface area contributed by atoms with E-state index in [0.717, 1.165) is 28.8 Å². The Labute approximate surface area is 236 Å². The highest BCUT2D eigenvalue weighted by Gasteiger charge is 2.35. The molecule has 190 valence electrons. The number of thioether (sulfide) groups is 2. The van der Waals surface area contributed by atoms with Crippen molar-refractivity contribution in [1.82, 2.24) is 9.97 Å². The van der Waals surface area contributed by atoms with E-state index in [1.165, 1.54) is 37.5 Å². The molecule has 2 atom stereocenters. The number of para-hydroxylation sites is 3. The van der Waals surface area contributed by atoms with Crippen LogP contribution in [0.25, 0.3) is 22.4 Å². The molecular formula is C33H26N4S2. The van der Waals surface area contributed by atoms with Gasteiger partial charge in [-0.15, -0.1) is 11.8 Å². The second kappa shape index (κ2) is 9.11. The molecule has 3 aromatic carbocycles. The van der Waals surface area contributed by atoms with E-state index in [-0.39, 0.29) is 6.04 Å². The Morgan fingerprint density at radius 2 is 1.79 bits per heavy atom. The molecule has 0 bridgehead atoms. The Morgan fingerprint density at radius 1 is 0.923 bits per heavy atom. The number of benzene rings is 3. The van der Waals surface area contributed by atoms with Crippen molar-refractivity contribution in [3.63, 3.8) is 0 Å². The largest absolute Gasteiger partial charge is 0.346 e. The maximum atomic E-state index is 4.85. The lowest BCUT2D eigenvalue weighted by Gasteiger charge is -2.42. The lowest BCUT2D eigenvalue weighted by Crippen LogP contribution is -2.43. The van der Waals surface area contributed by atoms with E-state index in [4.69, 9.17) is 4.98 Å². The molecule has 3 heterocycles. The van der Waals surface area contributed by atoms with Gasteiger partial charge in [0.1, 0.15) is 5.82 Å². The molecule has 1 aromatic heterocycles. The van der Waals surface area contributed by atoms with Crippen molar-refractivity contribution in [1.29, 1.82) is 0 Å². The van der Waals surface area contributed by atoms with E-state index in [1.54, 1.807) is 0 Å². The Kier molecular flexibility index (Phi) is 5.38. The van der Waals surface area contributed by atoms with Crippen LogP contribution in [0.3, 0.4) is 0 Å². The monoisotopic (exact) mass is 542 g/mol. The number of fused-ring (bicyclic) bond motifs is 4. The van der Waals surface area contributed by atoms with E-state index in [9.17, 15) is 0 Å². The molecule has 0 amide bonds. The topological polar surface area (TPSA) is 35.2 Å². The van der Waals surface area contributed by atoms with E-state index in [0.29, 0.717) is 5.25 Å². The number of imidazole rings is 1. The predicted molar refractivity (Wildman–Crippen MR) is 165 cm³/mol. The summed E-state index contributed by atoms with van der Waals surface area (Å²) < 4.78 is 0. The molecule has 4 nitrogen and oxygen atoms in total. The van der Waals surface area contributed by atoms with Crippen LogP contribution in [0.4, 0.5) is 11.4 Å². The fourth-order valence-corrected chi connectivity index (χ4v) is 8.37. The number of hydrogen-bond acceptors (Lipinski definition) is 5. The lowest BCUT2D eigenvalue weighted by molar-refractivity contribution is 0.755. The highest BCUT2D eigenvalue weighted by atomic mass is 32.2. The summed E-state index contributed by atoms with van der Waals surface area (Å²) in [5.74, 6) is 0.909. The lowest BCUT2D eigenvalue weighted by atomic mass is 10.0. The van der Waals surface area contributed by atoms with Crippen molar-refractivity contribution < 1.29 is 0 Å². The zero-order valence-electron chi connectivity index (χ0n) is 21.4. The first kappa shape index (κ1) is 23.1. The summed E-state index contributed by atoms with van der Waals surface area (Å²) in [4.78, 5) is 17.1. The summed E-state index contributed by atoms with van der Waals surface area (Å²) >= 11 is 3.83. The quantitative estimate of drug-likeness (QED) is 0.276. The van der Waals surface area contributed by atoms with Crippen molar-refractivity contribution in [2.24, 2.45) is 0 Å². The van der Waals surface area contributed by atoms with Gasteiger partial charge in [0.15, 0.2) is 0 Å². The molecule has 39 heavy (non-hydrogen) atoms. The van der Waals surface area contributed by atoms with Crippen LogP contribution in [0.5, 0.6) is 0 Å². The molecule has 4 aliphatic rings. The highest BCUT2D eigenvalue weighted by Crippen LogP contribution is 2.49. The molecule has 2 aliphatic heterocycles. The van der Waals surface area contributed by atoms with Crippen molar-refractivity contribution in [3.8, 4) is 11.4 Å². The number of anilines is 2. The Bertz CT molecular complexity index is 1760. The number of aromatic amines is 1. The molecule has 1 N–H and O–H groups in total. The predicted octanol–water partition coefficient (Wildman–Crippen LogP) is 8.30. The van der Waals surface area contributed by atoms with Gasteiger partial charge in [0, 0.05) is 45.1 Å². The zero-order valence-corrected chi connectivity index (χ0v) is 23.0. The standard InChI is InChI=1S/C33H26N4S2/c1-36-25-14-8-9-22(37-27-12-4-6-15-29(27)38-30-16-7-5-13-28(30)37)20-32(25)39-31-19-21(17-18-26(31)36)33-34-23-10-2-3-11-24(23)35-33/h2-13,15-20,27,29H,14H2,1H3,(H,34,35). The summed E-state index contributed by atoms with van der Waals surface area (Å²) in [7, 11) is 2.19. The summed E-state index contributed by atoms with van der Waals surface area (Å²) in [6.45, 7) is 0. The second-order valence-electron chi connectivity index (χ2n) is 10.1. The van der Waals surface area contributed by atoms with Crippen LogP contribution in [0.2, 0.25) is 0 Å². The molecule has 0 fully saturated rings. The summed E-state index contributed by atoms with van der Waals surface area (Å²) in [6, 6.07) is 24.0. The van der Waals surface area contributed by atoms with E-state index < -0.39 is 0 Å². The summed E-state index contributed by atoms with van der Waals surface area (Å²) in [5, 5.41) is 0.393. The molecule has 0 radical (unpaired) electrons. The number of rotatable bonds is 2. The number of aromatic nitrogens is 2. The van der Waals surface area contributed by atoms with E-state index in [1.807, 2.05) is 35.7 Å². The van der Waals surface area contributed by atoms with E-state index in [2.05, 4.69) is 119 Å². The van der Waals surface area contributed by atoms with Gasteiger partial charge < -0.3 is 14.8 Å². The molecule has 0 spiro atoms. The third-order valence-electron chi connectivity index (χ3n) is 7.79. The van der Waals surface area contributed by atoms with Crippen molar-refractivity contribution in [2.45, 2.75) is 27.5 Å². The van der Waals surface area contributed by atoms with Gasteiger partial charge in [-0.25, -0.2) is 4.98 Å². The summed E-state index contributed by atoms with van der Waals surface area (Å²) in [6.07, 6.45) is 17.0. The molecule has 6 heteroatoms. The van der Waals surface area contributed by atoms with Crippen LogP contribution in [0.15, 0.2) is 135 Å². The smallest absolute Gasteiger partial charge is 0.138 e. The Hall–Kier alpha value is -3.87. The highest BCUT2D eigenvalue weighted by molar-refractivity contribution is 8.03. The molecule has 2 aliphatic carbocycles. The van der Waals surface area contributed by atoms with Gasteiger partial charge in [0.25, 0.3) is 0 Å². The van der Waals surface area contributed by atoms with Gasteiger partial charge >= 0.3 is 0 Å². The summed E-state index contributed by atoms with van der Waals surface area (Å²) in [5.41, 5.74) is 8.26. The molecule has 0 saturated heterocycles. The van der Waals surface area contributed by atoms with Crippen molar-refractivity contribution in [2.75, 3.05) is 16.8 Å². The normalized spacial score (nSPS) is 21.3. The van der Waals surface area contributed by atoms with Crippen LogP contribution >= 0.6 is 23.5 Å². The van der Waals surface area contributed by atoms with Crippen LogP contribution in [-0.2, 0) is 0 Å². The average molecular weight is 543 g/mol. The average Bonchev–Trinajstić information content (AvgIpc) is 3.30. The van der Waals surface area contributed by atoms with Gasteiger partial charge in [0.2, 0.25) is 0 Å². The van der Waals surface area contributed by atoms with Crippen molar-refractivity contribution >= 4 is 45.9 Å². The maximum absolute atomic E-state index is 4.85. The van der Waals surface area contributed by atoms with Crippen LogP contribution in [-0.4, -0.2) is 28.3 Å². The maximum Gasteiger partial charge on any atom is 0.138 e. The zero-order chi connectivity index (χ0) is 25.9. The Morgan fingerprint density at radius 3 is 2.74 bits per heavy atom. The first-order chi connectivity index (χ1) is 19.2. The minimum Gasteiger partial charge on any atom is -0.346 e. The minimum atomic E-state index is 0.284. The molecule has 4 aromatic rings. The van der Waals surface area contributed by atoms with Crippen LogP contribution < -0.4 is 9.80 Å². The van der Waals surface area contributed by atoms with Crippen molar-refractivity contribution in [3.05, 3.63) is 126 Å².